The third-order valence-corrected chi connectivity index (χ3v) is 25.6. The molecule has 812 valence electrons. The fourth-order valence-electron chi connectivity index (χ4n) is 18.0. The molecule has 0 bridgehead atoms. The number of ether oxygens (including phenoxy) is 2. The summed E-state index contributed by atoms with van der Waals surface area (Å²) in [6.45, 7) is -0.642. The summed E-state index contributed by atoms with van der Waals surface area (Å²) in [5.74, 6) is -18.2. The maximum Gasteiger partial charge on any atom is 0.317 e. The number of hydrogen-bond acceptors (Lipinski definition) is 26. The molecular formula is C99H150N22O26. The Morgan fingerprint density at radius 3 is 1.72 bits per heavy atom. The van der Waals surface area contributed by atoms with Crippen molar-refractivity contribution in [2.45, 2.75) is 324 Å². The van der Waals surface area contributed by atoms with Crippen LogP contribution in [0.25, 0.3) is 10.9 Å². The molecule has 2 aromatic rings. The molecule has 147 heavy (non-hydrogen) atoms. The minimum atomic E-state index is -1.81. The van der Waals surface area contributed by atoms with Gasteiger partial charge in [0.1, 0.15) is 78.9 Å². The van der Waals surface area contributed by atoms with Gasteiger partial charge < -0.3 is 125 Å². The number of aliphatic carboxylic acids is 4. The van der Waals surface area contributed by atoms with Crippen LogP contribution in [0.15, 0.2) is 64.0 Å². The summed E-state index contributed by atoms with van der Waals surface area (Å²) in [7, 11) is 0. The van der Waals surface area contributed by atoms with Gasteiger partial charge in [0.05, 0.1) is 39.5 Å². The molecule has 0 aliphatic carbocycles. The van der Waals surface area contributed by atoms with E-state index in [0.29, 0.717) is 48.0 Å². The highest BCUT2D eigenvalue weighted by molar-refractivity contribution is 6.02. The third kappa shape index (κ3) is 46.3. The molecule has 1 aromatic carbocycles. The molecule has 7 rings (SSSR count). The van der Waals surface area contributed by atoms with Crippen molar-refractivity contribution in [1.29, 1.82) is 5.41 Å². The second kappa shape index (κ2) is 66.4. The first-order chi connectivity index (χ1) is 70.5. The molecule has 0 spiro atoms. The van der Waals surface area contributed by atoms with Crippen LogP contribution in [0, 0.1) is 5.41 Å². The number of carboxylic acid groups (broad SMARTS) is 4. The summed E-state index contributed by atoms with van der Waals surface area (Å²) in [5, 5.41) is 80.5. The van der Waals surface area contributed by atoms with Crippen molar-refractivity contribution in [1.82, 2.24) is 88.8 Å². The normalized spacial score (nSPS) is 19.3. The molecule has 5 aliphatic rings. The smallest absolute Gasteiger partial charge is 0.317 e. The maximum atomic E-state index is 15.7. The van der Waals surface area contributed by atoms with E-state index in [-0.39, 0.29) is 199 Å². The minimum Gasteiger partial charge on any atom is -0.481 e. The van der Waals surface area contributed by atoms with E-state index in [1.54, 1.807) is 48.8 Å². The monoisotopic (exact) mass is 2060 g/mol. The molecule has 48 heteroatoms. The molecule has 3 fully saturated rings. The second-order valence-electron chi connectivity index (χ2n) is 37.5. The van der Waals surface area contributed by atoms with Crippen molar-refractivity contribution in [3.63, 3.8) is 0 Å². The number of aromatic amines is 1. The number of carbonyl (C=O) groups excluding carboxylic acids is 16. The lowest BCUT2D eigenvalue weighted by atomic mass is 9.99. The number of rotatable bonds is 63. The predicted molar refractivity (Wildman–Crippen MR) is 536 cm³/mol. The number of aromatic nitrogens is 1. The average molecular weight is 2060 g/mol. The molecule has 15 amide bonds. The fourth-order valence-corrected chi connectivity index (χ4v) is 18.0. The largest absolute Gasteiger partial charge is 0.481 e. The van der Waals surface area contributed by atoms with Crippen molar-refractivity contribution in [2.75, 3.05) is 85.3 Å². The number of nitrogens with two attached hydrogens (primary N) is 2. The summed E-state index contributed by atoms with van der Waals surface area (Å²) >= 11 is 0. The van der Waals surface area contributed by atoms with Gasteiger partial charge in [-0.1, -0.05) is 107 Å². The molecule has 11 atom stereocenters. The molecule has 23 N–H and O–H groups in total. The van der Waals surface area contributed by atoms with E-state index in [4.69, 9.17) is 31.5 Å². The number of benzene rings is 1. The summed E-state index contributed by atoms with van der Waals surface area (Å²) < 4.78 is 11.0. The Morgan fingerprint density at radius 1 is 0.524 bits per heavy atom. The van der Waals surface area contributed by atoms with E-state index in [1.165, 1.54) is 48.6 Å². The second-order valence-corrected chi connectivity index (χ2v) is 37.5. The van der Waals surface area contributed by atoms with Crippen LogP contribution in [0.2, 0.25) is 0 Å². The number of amides is 15. The van der Waals surface area contributed by atoms with Crippen LogP contribution >= 0.6 is 0 Å². The number of likely N-dealkylation sites (tertiary alicyclic amines) is 2. The van der Waals surface area contributed by atoms with E-state index in [9.17, 15) is 92.0 Å². The zero-order valence-electron chi connectivity index (χ0n) is 84.0. The Kier molecular flexibility index (Phi) is 54.4. The number of carboxylic acids is 4. The molecule has 1 aromatic heterocycles. The van der Waals surface area contributed by atoms with Gasteiger partial charge in [-0.15, -0.1) is 0 Å². The Balaban J connectivity index is 1.01. The van der Waals surface area contributed by atoms with Gasteiger partial charge in [0.25, 0.3) is 0 Å². The highest BCUT2D eigenvalue weighted by Gasteiger charge is 2.46. The number of Topliss-reactive ketones (excluding diaryl/α,β-unsaturated/α-hetero) is 1. The van der Waals surface area contributed by atoms with Gasteiger partial charge >= 0.3 is 23.9 Å². The Bertz CT molecular complexity index is 4910. The van der Waals surface area contributed by atoms with Crippen LogP contribution in [0.1, 0.15) is 256 Å². The lowest BCUT2D eigenvalue weighted by Crippen LogP contribution is -2.60. The number of hydrogen-bond donors (Lipinski definition) is 21. The van der Waals surface area contributed by atoms with Crippen LogP contribution in [0.4, 0.5) is 0 Å². The van der Waals surface area contributed by atoms with Crippen LogP contribution in [-0.4, -0.2) is 329 Å². The van der Waals surface area contributed by atoms with Gasteiger partial charge in [-0.05, 0) is 127 Å². The number of para-hydroxylation sites is 1. The maximum absolute atomic E-state index is 15.7. The number of fused-ring (bicyclic) bond motifs is 1. The first-order valence-electron chi connectivity index (χ1n) is 51.3. The van der Waals surface area contributed by atoms with Crippen molar-refractivity contribution in [3.8, 4) is 0 Å². The van der Waals surface area contributed by atoms with Crippen molar-refractivity contribution >= 4 is 148 Å². The zero-order valence-corrected chi connectivity index (χ0v) is 84.0. The zero-order chi connectivity index (χ0) is 107. The van der Waals surface area contributed by atoms with Gasteiger partial charge in [0.2, 0.25) is 88.6 Å². The number of nitrogens with zero attached hydrogens (tertiary/aromatic N) is 5. The topological polar surface area (TPSA) is 723 Å². The Labute approximate surface area is 853 Å². The molecular weight excluding hydrogens is 1910 g/mol. The molecule has 6 heterocycles. The number of nitrogens with one attached hydrogen (secondary N) is 15. The molecule has 0 saturated carbocycles. The predicted octanol–water partition coefficient (Wildman–Crippen LogP) is 0.849. The third-order valence-electron chi connectivity index (χ3n) is 25.6. The van der Waals surface area contributed by atoms with Crippen molar-refractivity contribution < 1.29 is 126 Å². The van der Waals surface area contributed by atoms with Gasteiger partial charge in [-0.2, -0.15) is 0 Å². The number of guanidine groups is 1. The highest BCUT2D eigenvalue weighted by atomic mass is 16.5. The van der Waals surface area contributed by atoms with Crippen LogP contribution in [0.5, 0.6) is 0 Å². The van der Waals surface area contributed by atoms with E-state index in [2.05, 4.69) is 84.1 Å². The molecule has 0 radical (unpaired) electrons. The van der Waals surface area contributed by atoms with Gasteiger partial charge in [0.15, 0.2) is 5.96 Å². The van der Waals surface area contributed by atoms with E-state index in [1.807, 2.05) is 0 Å². The van der Waals surface area contributed by atoms with Crippen molar-refractivity contribution in [2.24, 2.45) is 21.5 Å². The standard InChI is InChI=1S/C99H150N22O26/c1-63(122)110-71-34-17-15-30-67(123)57-78(118-94(141)75(54-64-58-108-69-32-18-16-31-68(64)69)115-91(138)72(36-25-46-107-99(101)102)111-82(125)59-109-89(136)76(116-90(71)137)55-65-28-23-44-103-65)97(144)121-50-27-38-80(121)98(145)120-49-26-37-79(120)96(143)117-77(56-66-29-24-45-104-66)95(142)114-74(41-42-85(129)130)93(140)113-73(35-20-22-48-119(60-86(131)132)61-87(133)134)92(139)112-70(88(100)135)33-19-21-43-105-83(126)62-147-53-52-146-51-47-106-81(124)39-13-11-9-7-5-3-2-4-6-8-10-12-14-40-84(127)128/h16,18,28-29,31-32,44-45,58,70-80,108H,2-15,17,19-27,30,33-43,46-57,59-62H2,1H3,(H2,100,135)(H,105,126)(H,106,124)(H,109,136)(H,110,122)(H,111,125)(H,112,139)(H,113,140)(H,114,142)(H,115,138)(H,116,137)(H,117,143)(H,118,141)(H,127,128)(H,129,130)(H,131,132)(H,133,134)(H4,101,102,107)/t70-,71-,72-,73-,74-,75-,76-,77-,78-,79-,80-/m0/s1. The van der Waals surface area contributed by atoms with E-state index >= 15 is 19.2 Å². The SMILES string of the molecule is CC(=O)N[C@H]1CCCCC(=O)C[C@@H](C(=O)N2CCC[C@H]2C(=O)N2CCC[C@H]2C(=O)N[C@@H](CC2=CCC=N2)C(=O)N[C@@H](CCC(=O)O)C(=O)N[C@@H](CCCCN(CC(=O)O)CC(=O)O)C(=O)N[C@@H](CCCCNC(=O)COCCOCCNC(=O)CCCCCCCCCCCCCCCC(=O)O)C(N)=O)NC(=O)[C@H](Cc2c[nH]c3ccccc23)NC(=O)[C@H](CCCNC(=N)N)NC(=O)CNC(=O)[C@H](CC2=CCC=N2)NC1=O. The van der Waals surface area contributed by atoms with Gasteiger partial charge in [-0.25, -0.2) is 0 Å². The Hall–Kier alpha value is -13.7. The lowest BCUT2D eigenvalue weighted by molar-refractivity contribution is -0.148. The number of allylic oxidation sites excluding steroid dienone is 2. The fraction of sp³-hybridized carbons (Fsp3) is 0.646. The van der Waals surface area contributed by atoms with Crippen LogP contribution in [0.3, 0.4) is 0 Å². The number of H-pyrrole nitrogens is 1. The number of ketones is 1. The molecule has 48 nitrogen and oxygen atoms in total. The molecule has 5 aliphatic heterocycles. The first kappa shape index (κ1) is 120. The van der Waals surface area contributed by atoms with Crippen molar-refractivity contribution in [3.05, 3.63) is 59.6 Å². The highest BCUT2D eigenvalue weighted by Crippen LogP contribution is 2.29. The minimum absolute atomic E-state index is 0.000600. The van der Waals surface area contributed by atoms with Crippen LogP contribution in [-0.2, 0) is 112 Å². The quantitative estimate of drug-likeness (QED) is 0.0248. The summed E-state index contributed by atoms with van der Waals surface area (Å²) in [6, 6.07) is -9.56. The number of primary amides is 1. The Morgan fingerprint density at radius 2 is 1.09 bits per heavy atom. The number of unbranched alkanes of at least 4 members (excludes halogenated alkanes) is 14. The summed E-state index contributed by atoms with van der Waals surface area (Å²) in [6.07, 6.45) is 20.7. The van der Waals surface area contributed by atoms with Gasteiger partial charge in [0, 0.05) is 145 Å². The first-order valence-corrected chi connectivity index (χ1v) is 51.3. The number of carbonyl (C=O) groups is 20. The number of aliphatic imine (C=N–C) groups is 2. The van der Waals surface area contributed by atoms with Crippen LogP contribution < -0.4 is 80.6 Å². The molecule has 0 unspecified atom stereocenters. The average Bonchev–Trinajstić information content (AvgIpc) is 1.66. The molecule has 3 saturated heterocycles. The van der Waals surface area contributed by atoms with E-state index in [0.717, 1.165) is 62.7 Å². The van der Waals surface area contributed by atoms with Gasteiger partial charge in [-0.3, -0.25) is 116 Å². The summed E-state index contributed by atoms with van der Waals surface area (Å²) in [4.78, 5) is 290. The van der Waals surface area contributed by atoms with E-state index < -0.39 is 224 Å². The summed E-state index contributed by atoms with van der Waals surface area (Å²) in [5.41, 5.74) is 13.3. The lowest BCUT2D eigenvalue weighted by Gasteiger charge is -2.33.